The average Bonchev–Trinajstić information content (AvgIpc) is 2.49. The highest BCUT2D eigenvalue weighted by molar-refractivity contribution is 6.06. The van der Waals surface area contributed by atoms with E-state index in [0.29, 0.717) is 69.9 Å². The Labute approximate surface area is 492 Å². The van der Waals surface area contributed by atoms with Crippen LogP contribution in [0.25, 0.3) is 22.3 Å². The van der Waals surface area contributed by atoms with Crippen LogP contribution in [0.15, 0.2) is 139 Å². The maximum Gasteiger partial charge on any atom is 0.407 e. The zero-order valence-corrected chi connectivity index (χ0v) is 48.2. The number of nitrogens with zero attached hydrogens (tertiary/aromatic N) is 4. The topological polar surface area (TPSA) is 245 Å². The fraction of sp³-hybridized carbons (Fsp3) is 0.292. The summed E-state index contributed by atoms with van der Waals surface area (Å²) < 4.78 is 20.6. The second-order valence-corrected chi connectivity index (χ2v) is 21.8. The van der Waals surface area contributed by atoms with Crippen molar-refractivity contribution in [3.8, 4) is 33.8 Å². The molecule has 2 aliphatic heterocycles. The summed E-state index contributed by atoms with van der Waals surface area (Å²) in [6.07, 6.45) is 8.01. The number of anilines is 4. The van der Waals surface area contributed by atoms with E-state index in [0.717, 1.165) is 52.6 Å². The van der Waals surface area contributed by atoms with E-state index in [9.17, 15) is 33.6 Å². The lowest BCUT2D eigenvalue weighted by atomic mass is 9.98. The number of amides is 7. The van der Waals surface area contributed by atoms with E-state index in [1.165, 1.54) is 7.11 Å². The molecular formula is C65H68N10O10. The summed E-state index contributed by atoms with van der Waals surface area (Å²) in [7, 11) is 4.99. The molecular weight excluding hydrogens is 1080 g/mol. The van der Waals surface area contributed by atoms with Crippen molar-refractivity contribution in [3.63, 3.8) is 0 Å². The number of fused-ring (bicyclic) bond motifs is 5. The predicted octanol–water partition coefficient (Wildman–Crippen LogP) is 10.1. The highest BCUT2D eigenvalue weighted by Crippen LogP contribution is 2.45. The Hall–Kier alpha value is -9.98. The van der Waals surface area contributed by atoms with Crippen molar-refractivity contribution in [2.75, 3.05) is 48.1 Å². The van der Waals surface area contributed by atoms with Crippen LogP contribution >= 0.6 is 0 Å². The molecule has 7 aromatic rings. The molecule has 2 aromatic heterocycles. The van der Waals surface area contributed by atoms with Crippen molar-refractivity contribution in [2.45, 2.75) is 76.9 Å². The molecule has 3 aliphatic rings. The van der Waals surface area contributed by atoms with E-state index in [1.807, 2.05) is 65.8 Å². The Morgan fingerprint density at radius 1 is 0.647 bits per heavy atom. The van der Waals surface area contributed by atoms with Gasteiger partial charge in [0.25, 0.3) is 17.7 Å². The molecule has 438 valence electrons. The summed E-state index contributed by atoms with van der Waals surface area (Å²) in [5.74, 6) is -1.72. The van der Waals surface area contributed by atoms with Crippen LogP contribution in [-0.2, 0) is 33.2 Å². The van der Waals surface area contributed by atoms with E-state index in [1.54, 1.807) is 111 Å². The highest BCUT2D eigenvalue weighted by atomic mass is 16.5. The lowest BCUT2D eigenvalue weighted by Crippen LogP contribution is -2.53. The van der Waals surface area contributed by atoms with Crippen LogP contribution in [0.1, 0.15) is 101 Å². The molecule has 0 saturated carbocycles. The quantitative estimate of drug-likeness (QED) is 0.0394. The zero-order chi connectivity index (χ0) is 59.9. The number of piperidine rings is 1. The number of aryl methyl sites for hydroxylation is 2. The first-order chi connectivity index (χ1) is 41.0. The summed E-state index contributed by atoms with van der Waals surface area (Å²) >= 11 is 0. The molecule has 1 fully saturated rings. The highest BCUT2D eigenvalue weighted by Gasteiger charge is 2.33. The van der Waals surface area contributed by atoms with Gasteiger partial charge in [-0.2, -0.15) is 0 Å². The van der Waals surface area contributed by atoms with Crippen LogP contribution in [0.5, 0.6) is 11.5 Å². The molecule has 3 atom stereocenters. The second-order valence-electron chi connectivity index (χ2n) is 21.8. The van der Waals surface area contributed by atoms with Gasteiger partial charge < -0.3 is 60.1 Å². The van der Waals surface area contributed by atoms with Gasteiger partial charge in [-0.15, -0.1) is 0 Å². The Morgan fingerprint density at radius 2 is 1.27 bits per heavy atom. The predicted molar refractivity (Wildman–Crippen MR) is 325 cm³/mol. The van der Waals surface area contributed by atoms with Gasteiger partial charge >= 0.3 is 6.09 Å². The van der Waals surface area contributed by atoms with Crippen LogP contribution in [0.2, 0.25) is 0 Å². The average molecular weight is 1150 g/mol. The van der Waals surface area contributed by atoms with Crippen LogP contribution in [0.4, 0.5) is 33.2 Å². The third-order valence-electron chi connectivity index (χ3n) is 15.5. The minimum absolute atomic E-state index is 0.0285. The van der Waals surface area contributed by atoms with Crippen molar-refractivity contribution in [3.05, 3.63) is 162 Å². The number of hydrogen-bond donors (Lipinski definition) is 6. The number of carbonyl (C=O) groups excluding carboxylic acids is 7. The largest absolute Gasteiger partial charge is 0.493 e. The Balaban J connectivity index is 0.654. The first kappa shape index (κ1) is 58.2. The molecule has 5 aromatic carbocycles. The molecule has 7 amide bonds. The van der Waals surface area contributed by atoms with Crippen molar-refractivity contribution in [1.29, 1.82) is 0 Å². The number of aromatic nitrogens is 2. The molecule has 0 spiro atoms. The van der Waals surface area contributed by atoms with E-state index in [4.69, 9.17) is 14.2 Å². The summed E-state index contributed by atoms with van der Waals surface area (Å²) in [5, 5.41) is 16.9. The van der Waals surface area contributed by atoms with Gasteiger partial charge in [-0.3, -0.25) is 33.8 Å². The standard InChI is InChI=1S/C65H68N10O10/c1-38(2)59(72-65(82)85-37-52-49-17-9-7-15-47(49)48-16-8-10-18-50(48)52)63(80)67-39(3)60(77)69-43-24-26-44(27-25-43)71-61(78)54-30-41(35-73(54)4)40-20-22-42(23-21-40)70-62(79)55-31-45(36-74(55)5)68-58(76)19-13-29-84-57-33-53-51(32-56(57)83-6)64(81)75-28-12-11-14-46(75)34-66-53/h7-10,15-18,20-27,30-36,38-39,46,52,59H,11-14,19,28-29,37H2,1-6H3,(H,67,80)(H,68,76)(H,69,77)(H,70,79)(H,71,78)(H,72,82)/t39-,46-,59-/m0/s1. The van der Waals surface area contributed by atoms with E-state index in [2.05, 4.69) is 49.0 Å². The Bertz CT molecular complexity index is 3670. The fourth-order valence-electron chi connectivity index (χ4n) is 10.9. The third-order valence-corrected chi connectivity index (χ3v) is 15.5. The minimum atomic E-state index is -0.971. The number of rotatable bonds is 20. The van der Waals surface area contributed by atoms with E-state index in [-0.39, 0.29) is 61.1 Å². The van der Waals surface area contributed by atoms with Gasteiger partial charge in [0.2, 0.25) is 17.7 Å². The molecule has 85 heavy (non-hydrogen) atoms. The summed E-state index contributed by atoms with van der Waals surface area (Å²) in [4.78, 5) is 99.6. The first-order valence-corrected chi connectivity index (χ1v) is 28.4. The van der Waals surface area contributed by atoms with Gasteiger partial charge in [-0.1, -0.05) is 74.5 Å². The van der Waals surface area contributed by atoms with Crippen molar-refractivity contribution in [2.24, 2.45) is 25.0 Å². The third kappa shape index (κ3) is 13.3. The van der Waals surface area contributed by atoms with Crippen LogP contribution < -0.4 is 41.4 Å². The number of alkyl carbamates (subject to hydrolysis) is 1. The molecule has 1 aliphatic carbocycles. The molecule has 0 bridgehead atoms. The lowest BCUT2D eigenvalue weighted by Gasteiger charge is -2.32. The van der Waals surface area contributed by atoms with Crippen molar-refractivity contribution < 1.29 is 47.8 Å². The van der Waals surface area contributed by atoms with Gasteiger partial charge in [-0.25, -0.2) is 4.79 Å². The molecule has 1 saturated heterocycles. The van der Waals surface area contributed by atoms with Gasteiger partial charge in [0.15, 0.2) is 11.5 Å². The van der Waals surface area contributed by atoms with E-state index < -0.39 is 30.0 Å². The SMILES string of the molecule is COc1cc2c(cc1OCCCC(=O)Nc1cc(C(=O)Nc3ccc(-c4cc(C(=O)Nc5ccc(NC(=O)[C@H](C)NC(=O)[C@@H](NC(=O)OCC6c7ccccc7-c7ccccc76)C(C)C)cc5)n(C)c4)cc3)n(C)c1)N=C[C@@H]1CCCCN1C2=O. The van der Waals surface area contributed by atoms with Crippen molar-refractivity contribution in [1.82, 2.24) is 24.7 Å². The van der Waals surface area contributed by atoms with Gasteiger partial charge in [-0.05, 0) is 121 Å². The molecule has 0 radical (unpaired) electrons. The van der Waals surface area contributed by atoms with Crippen LogP contribution in [-0.4, -0.2) is 107 Å². The first-order valence-electron chi connectivity index (χ1n) is 28.4. The van der Waals surface area contributed by atoms with Gasteiger partial charge in [0.1, 0.15) is 30.1 Å². The maximum absolute atomic E-state index is 13.5. The molecule has 0 unspecified atom stereocenters. The van der Waals surface area contributed by atoms with Gasteiger partial charge in [0.05, 0.1) is 36.7 Å². The number of ether oxygens (including phenoxy) is 3. The lowest BCUT2D eigenvalue weighted by molar-refractivity contribution is -0.128. The number of methoxy groups -OCH3 is 1. The molecule has 20 nitrogen and oxygen atoms in total. The number of nitrogens with one attached hydrogen (secondary N) is 6. The Morgan fingerprint density at radius 3 is 1.93 bits per heavy atom. The molecule has 6 N–H and O–H groups in total. The second kappa shape index (κ2) is 25.7. The smallest absolute Gasteiger partial charge is 0.407 e. The number of aliphatic imine (C=N–C) groups is 1. The van der Waals surface area contributed by atoms with Crippen LogP contribution in [0.3, 0.4) is 0 Å². The van der Waals surface area contributed by atoms with Crippen molar-refractivity contribution >= 4 is 76.2 Å². The summed E-state index contributed by atoms with van der Waals surface area (Å²) in [6, 6.07) is 34.6. The monoisotopic (exact) mass is 1150 g/mol. The van der Waals surface area contributed by atoms with Gasteiger partial charge in [0, 0.05) is 80.3 Å². The van der Waals surface area contributed by atoms with E-state index >= 15 is 0 Å². The normalized spacial score (nSPS) is 14.8. The molecule has 4 heterocycles. The Kier molecular flexibility index (Phi) is 17.6. The number of hydrogen-bond acceptors (Lipinski definition) is 11. The molecule has 10 rings (SSSR count). The van der Waals surface area contributed by atoms with Crippen LogP contribution in [0, 0.1) is 5.92 Å². The number of carbonyl (C=O) groups is 7. The fourth-order valence-corrected chi connectivity index (χ4v) is 10.9. The molecule has 20 heteroatoms. The minimum Gasteiger partial charge on any atom is -0.493 e. The summed E-state index contributed by atoms with van der Waals surface area (Å²) in [5.41, 5.74) is 9.52. The summed E-state index contributed by atoms with van der Waals surface area (Å²) in [6.45, 7) is 6.11. The zero-order valence-electron chi connectivity index (χ0n) is 48.2. The number of benzene rings is 5. The maximum atomic E-state index is 13.5.